The second-order valence-electron chi connectivity index (χ2n) is 14.4. The van der Waals surface area contributed by atoms with Crippen molar-refractivity contribution in [2.75, 3.05) is 126 Å². The number of hydrogen-bond acceptors (Lipinski definition) is 13. The van der Waals surface area contributed by atoms with Gasteiger partial charge < -0.3 is 57.6 Å². The van der Waals surface area contributed by atoms with Gasteiger partial charge in [0.2, 0.25) is 0 Å². The van der Waals surface area contributed by atoms with E-state index in [1.807, 2.05) is 6.07 Å². The molecule has 0 aromatic heterocycles. The minimum atomic E-state index is -0.901. The Balaban J connectivity index is 0.795. The van der Waals surface area contributed by atoms with E-state index in [4.69, 9.17) is 47.4 Å². The lowest BCUT2D eigenvalue weighted by atomic mass is 9.48. The van der Waals surface area contributed by atoms with Crippen molar-refractivity contribution in [2.24, 2.45) is 5.92 Å². The van der Waals surface area contributed by atoms with Crippen LogP contribution in [0.1, 0.15) is 49.7 Å². The van der Waals surface area contributed by atoms with Gasteiger partial charge in [-0.05, 0) is 62.6 Å². The lowest BCUT2D eigenvalue weighted by Gasteiger charge is -2.64. The minimum Gasteiger partial charge on any atom is -0.504 e. The Kier molecular flexibility index (Phi) is 15.0. The van der Waals surface area contributed by atoms with Crippen molar-refractivity contribution in [3.8, 4) is 11.5 Å². The first-order valence-corrected chi connectivity index (χ1v) is 19.2. The molecule has 51 heavy (non-hydrogen) atoms. The van der Waals surface area contributed by atoms with E-state index in [2.05, 4.69) is 4.90 Å². The van der Waals surface area contributed by atoms with Crippen molar-refractivity contribution in [3.05, 3.63) is 23.3 Å². The van der Waals surface area contributed by atoms with Crippen molar-refractivity contribution in [3.63, 3.8) is 0 Å². The van der Waals surface area contributed by atoms with Crippen LogP contribution in [0.15, 0.2) is 12.1 Å². The number of piperidine rings is 1. The monoisotopic (exact) mass is 723 g/mol. The van der Waals surface area contributed by atoms with Gasteiger partial charge in [0, 0.05) is 25.3 Å². The highest BCUT2D eigenvalue weighted by Gasteiger charge is 2.73. The van der Waals surface area contributed by atoms with Gasteiger partial charge in [0.15, 0.2) is 11.5 Å². The molecule has 1 aromatic carbocycles. The van der Waals surface area contributed by atoms with E-state index in [0.29, 0.717) is 124 Å². The Morgan fingerprint density at radius 2 is 1.27 bits per heavy atom. The first kappa shape index (κ1) is 39.1. The van der Waals surface area contributed by atoms with E-state index in [0.717, 1.165) is 37.4 Å². The minimum absolute atomic E-state index is 0.0639. The molecule has 3 aliphatic carbocycles. The smallest absolute Gasteiger partial charge is 0.165 e. The third-order valence-electron chi connectivity index (χ3n) is 11.5. The van der Waals surface area contributed by atoms with E-state index in [1.165, 1.54) is 24.8 Å². The second kappa shape index (κ2) is 19.6. The average Bonchev–Trinajstić information content (AvgIpc) is 3.47. The van der Waals surface area contributed by atoms with Gasteiger partial charge in [-0.2, -0.15) is 0 Å². The van der Waals surface area contributed by atoms with Crippen molar-refractivity contribution in [1.29, 1.82) is 0 Å². The van der Waals surface area contributed by atoms with E-state index >= 15 is 0 Å². The Labute approximate surface area is 303 Å². The fourth-order valence-corrected chi connectivity index (χ4v) is 8.80. The Morgan fingerprint density at radius 1 is 0.725 bits per heavy atom. The summed E-state index contributed by atoms with van der Waals surface area (Å²) in [6.45, 7) is 10.1. The number of ether oxygens (including phenoxy) is 10. The number of benzene rings is 1. The number of aromatic hydroxyl groups is 1. The molecule has 5 atom stereocenters. The topological polar surface area (TPSA) is 136 Å². The number of hydrogen-bond donors (Lipinski definition) is 2. The number of methoxy groups -OCH3 is 1. The first-order valence-electron chi connectivity index (χ1n) is 19.2. The van der Waals surface area contributed by atoms with Crippen LogP contribution in [0.4, 0.5) is 0 Å². The molecule has 1 saturated heterocycles. The zero-order chi connectivity index (χ0) is 35.4. The molecule has 6 rings (SSSR count). The zero-order valence-corrected chi connectivity index (χ0v) is 30.6. The summed E-state index contributed by atoms with van der Waals surface area (Å²) in [7, 11) is 1.65. The van der Waals surface area contributed by atoms with Crippen LogP contribution in [0, 0.1) is 5.92 Å². The van der Waals surface area contributed by atoms with Gasteiger partial charge in [0.1, 0.15) is 6.10 Å². The van der Waals surface area contributed by atoms with Crippen LogP contribution >= 0.6 is 0 Å². The number of phenols is 1. The van der Waals surface area contributed by atoms with E-state index < -0.39 is 11.0 Å². The Bertz CT molecular complexity index is 1190. The van der Waals surface area contributed by atoms with Crippen molar-refractivity contribution < 1.29 is 57.6 Å². The molecule has 1 spiro atoms. The number of likely N-dealkylation sites (tertiary alicyclic amines) is 1. The van der Waals surface area contributed by atoms with Gasteiger partial charge in [-0.25, -0.2) is 0 Å². The summed E-state index contributed by atoms with van der Waals surface area (Å²) in [5.74, 6) is 1.46. The molecule has 2 N–H and O–H groups in total. The maximum atomic E-state index is 12.6. The van der Waals surface area contributed by atoms with Crippen LogP contribution < -0.4 is 4.74 Å². The molecule has 290 valence electrons. The van der Waals surface area contributed by atoms with Crippen LogP contribution in [0.5, 0.6) is 11.5 Å². The van der Waals surface area contributed by atoms with E-state index in [1.54, 1.807) is 13.2 Å². The van der Waals surface area contributed by atoms with Crippen molar-refractivity contribution in [2.45, 2.75) is 74.2 Å². The Morgan fingerprint density at radius 3 is 1.80 bits per heavy atom. The summed E-state index contributed by atoms with van der Waals surface area (Å²) in [5.41, 5.74) is 0.776. The normalized spacial score (nSPS) is 28.1. The molecule has 2 saturated carbocycles. The van der Waals surface area contributed by atoms with Crippen LogP contribution in [-0.2, 0) is 54.5 Å². The molecule has 1 unspecified atom stereocenters. The van der Waals surface area contributed by atoms with Gasteiger partial charge in [-0.1, -0.05) is 12.5 Å². The molecule has 1 aromatic rings. The third-order valence-corrected chi connectivity index (χ3v) is 11.5. The SMILES string of the molecule is COCCOCCOCCOCCOCCOCCOCCOCCO[C@H]1CC[C@@]2(O)[C@H]3Cc4ccc(O)c5c4[C@@]2(CCN3CC2CCC2)C1O5. The summed E-state index contributed by atoms with van der Waals surface area (Å²) in [6, 6.07) is 3.87. The molecule has 2 bridgehead atoms. The molecular formula is C38H61NO12. The molecular weight excluding hydrogens is 662 g/mol. The average molecular weight is 724 g/mol. The second-order valence-corrected chi connectivity index (χ2v) is 14.4. The molecule has 13 nitrogen and oxygen atoms in total. The maximum absolute atomic E-state index is 12.6. The fraction of sp³-hybridized carbons (Fsp3) is 0.842. The standard InChI is InChI=1S/C38H61NO12/c1-42-11-12-43-13-14-44-15-16-45-17-18-46-19-20-47-21-22-48-23-24-49-25-26-50-32-7-8-38(41)33-27-30-5-6-31(40)35-34(30)37(38,36(32)51-35)9-10-39(33)28-29-3-2-4-29/h5-6,29,32-33,36,40-41H,2-4,7-28H2,1H3/t32-,33+,36?,37-,38+/m0/s1. The van der Waals surface area contributed by atoms with Gasteiger partial charge >= 0.3 is 0 Å². The highest BCUT2D eigenvalue weighted by atomic mass is 16.6. The summed E-state index contributed by atoms with van der Waals surface area (Å²) in [6.07, 6.45) is 6.39. The van der Waals surface area contributed by atoms with Gasteiger partial charge in [0.25, 0.3) is 0 Å². The summed E-state index contributed by atoms with van der Waals surface area (Å²) < 4.78 is 56.7. The number of phenolic OH excluding ortho intramolecular Hbond substituents is 1. The molecule has 5 aliphatic rings. The van der Waals surface area contributed by atoms with Crippen molar-refractivity contribution >= 4 is 0 Å². The van der Waals surface area contributed by atoms with Crippen LogP contribution in [0.2, 0.25) is 0 Å². The maximum Gasteiger partial charge on any atom is 0.165 e. The van der Waals surface area contributed by atoms with Gasteiger partial charge in [-0.15, -0.1) is 0 Å². The first-order chi connectivity index (χ1) is 25.1. The summed E-state index contributed by atoms with van der Waals surface area (Å²) in [4.78, 5) is 2.57. The molecule has 2 heterocycles. The Hall–Kier alpha value is -1.62. The predicted molar refractivity (Wildman–Crippen MR) is 187 cm³/mol. The highest BCUT2D eigenvalue weighted by Crippen LogP contribution is 2.65. The molecule has 0 amide bonds. The van der Waals surface area contributed by atoms with Crippen LogP contribution in [0.3, 0.4) is 0 Å². The molecule has 13 heteroatoms. The lowest BCUT2D eigenvalue weighted by Crippen LogP contribution is -2.77. The summed E-state index contributed by atoms with van der Waals surface area (Å²) >= 11 is 0. The summed E-state index contributed by atoms with van der Waals surface area (Å²) in [5, 5.41) is 23.5. The number of nitrogens with zero attached hydrogens (tertiary/aromatic N) is 1. The predicted octanol–water partition coefficient (Wildman–Crippen LogP) is 2.49. The highest BCUT2D eigenvalue weighted by molar-refractivity contribution is 5.62. The third kappa shape index (κ3) is 9.20. The quantitative estimate of drug-likeness (QED) is 0.129. The van der Waals surface area contributed by atoms with Gasteiger partial charge in [0.05, 0.1) is 123 Å². The lowest BCUT2D eigenvalue weighted by molar-refractivity contribution is -0.218. The molecule has 2 aliphatic heterocycles. The van der Waals surface area contributed by atoms with Gasteiger partial charge in [-0.3, -0.25) is 4.90 Å². The van der Waals surface area contributed by atoms with Crippen LogP contribution in [-0.4, -0.2) is 165 Å². The molecule has 0 radical (unpaired) electrons. The van der Waals surface area contributed by atoms with Crippen molar-refractivity contribution in [1.82, 2.24) is 4.90 Å². The molecule has 3 fully saturated rings. The number of rotatable bonds is 27. The largest absolute Gasteiger partial charge is 0.504 e. The number of aliphatic hydroxyl groups is 1. The zero-order valence-electron chi connectivity index (χ0n) is 30.6. The van der Waals surface area contributed by atoms with E-state index in [-0.39, 0.29) is 24.0 Å². The van der Waals surface area contributed by atoms with Crippen LogP contribution in [0.25, 0.3) is 0 Å². The fourth-order valence-electron chi connectivity index (χ4n) is 8.80. The van der Waals surface area contributed by atoms with E-state index in [9.17, 15) is 10.2 Å².